The molecule has 1 aliphatic carbocycles. The fraction of sp³-hybridized carbons (Fsp3) is 0.500. The number of halogens is 4. The van der Waals surface area contributed by atoms with E-state index in [1.54, 1.807) is 12.2 Å². The zero-order valence-electron chi connectivity index (χ0n) is 8.60. The first-order valence-corrected chi connectivity index (χ1v) is 6.80. The van der Waals surface area contributed by atoms with Crippen LogP contribution in [-0.4, -0.2) is 11.1 Å². The summed E-state index contributed by atoms with van der Waals surface area (Å²) < 4.78 is 0.761. The van der Waals surface area contributed by atoms with Gasteiger partial charge in [-0.15, -0.1) is 0 Å². The van der Waals surface area contributed by atoms with Crippen molar-refractivity contribution < 1.29 is 9.90 Å². The van der Waals surface area contributed by atoms with Gasteiger partial charge in [-0.25, -0.2) is 0 Å². The fourth-order valence-electron chi connectivity index (χ4n) is 2.28. The van der Waals surface area contributed by atoms with Gasteiger partial charge in [-0.2, -0.15) is 0 Å². The van der Waals surface area contributed by atoms with E-state index in [9.17, 15) is 9.90 Å². The number of rotatable bonds is 3. The third-order valence-corrected chi connectivity index (χ3v) is 3.85. The lowest BCUT2D eigenvalue weighted by Crippen LogP contribution is -2.06. The molecule has 1 rings (SSSR count). The number of carboxylic acids is 1. The molecule has 6 heteroatoms. The van der Waals surface area contributed by atoms with Crippen molar-refractivity contribution in [1.29, 1.82) is 0 Å². The summed E-state index contributed by atoms with van der Waals surface area (Å²) in [6.07, 6.45) is 3.36. The summed E-state index contributed by atoms with van der Waals surface area (Å²) in [4.78, 5) is 11.2. The van der Waals surface area contributed by atoms with Crippen molar-refractivity contribution in [2.75, 3.05) is 0 Å². The van der Waals surface area contributed by atoms with Crippen LogP contribution in [0.2, 0.25) is 0 Å². The first-order valence-electron chi connectivity index (χ1n) is 4.45. The van der Waals surface area contributed by atoms with Crippen LogP contribution in [0.25, 0.3) is 0 Å². The van der Waals surface area contributed by atoms with Crippen molar-refractivity contribution in [3.05, 3.63) is 20.0 Å². The summed E-state index contributed by atoms with van der Waals surface area (Å²) in [7, 11) is 0. The maximum Gasteiger partial charge on any atom is 0.308 e. The predicted octanol–water partition coefficient (Wildman–Crippen LogP) is 4.66. The molecule has 2 nitrogen and oxygen atoms in total. The molecule has 0 bridgehead atoms. The Balaban J connectivity index is 3.25. The molecule has 0 amide bonds. The van der Waals surface area contributed by atoms with E-state index in [1.807, 2.05) is 13.8 Å². The van der Waals surface area contributed by atoms with Crippen molar-refractivity contribution in [1.82, 2.24) is 0 Å². The lowest BCUT2D eigenvalue weighted by atomic mass is 9.96. The zero-order chi connectivity index (χ0) is 12.7. The molecule has 1 fully saturated rings. The first kappa shape index (κ1) is 14.6. The molecule has 1 saturated carbocycles. The van der Waals surface area contributed by atoms with Gasteiger partial charge in [0.25, 0.3) is 0 Å². The molecular formula is C10H10Br2Cl2O2. The maximum absolute atomic E-state index is 11.2. The van der Waals surface area contributed by atoms with Crippen LogP contribution >= 0.6 is 55.1 Å². The van der Waals surface area contributed by atoms with Crippen molar-refractivity contribution in [3.63, 3.8) is 0 Å². The van der Waals surface area contributed by atoms with Gasteiger partial charge in [-0.3, -0.25) is 4.79 Å². The molecule has 0 aromatic heterocycles. The average Bonchev–Trinajstić information content (AvgIpc) is 2.42. The second-order valence-electron chi connectivity index (χ2n) is 4.29. The van der Waals surface area contributed by atoms with E-state index < -0.39 is 22.7 Å². The number of allylic oxidation sites excluding steroid dienone is 2. The third-order valence-electron chi connectivity index (χ3n) is 3.17. The molecule has 1 N–H and O–H groups in total. The smallest absolute Gasteiger partial charge is 0.308 e. The van der Waals surface area contributed by atoms with Crippen molar-refractivity contribution >= 4 is 61.0 Å². The molecule has 2 atom stereocenters. The normalized spacial score (nSPS) is 30.5. The largest absolute Gasteiger partial charge is 0.481 e. The second-order valence-corrected chi connectivity index (χ2v) is 8.07. The predicted molar refractivity (Wildman–Crippen MR) is 73.1 cm³/mol. The minimum Gasteiger partial charge on any atom is -0.481 e. The molecule has 0 aromatic rings. The summed E-state index contributed by atoms with van der Waals surface area (Å²) in [5.74, 6) is -1.38. The van der Waals surface area contributed by atoms with Crippen molar-refractivity contribution in [2.45, 2.75) is 13.8 Å². The van der Waals surface area contributed by atoms with E-state index in [0.717, 1.165) is 0 Å². The van der Waals surface area contributed by atoms with Gasteiger partial charge in [0.15, 0.2) is 0 Å². The van der Waals surface area contributed by atoms with Crippen LogP contribution < -0.4 is 0 Å². The number of carboxylic acid groups (broad SMARTS) is 1. The number of hydrogen-bond acceptors (Lipinski definition) is 1. The Kier molecular flexibility index (Phi) is 4.21. The van der Waals surface area contributed by atoms with E-state index in [1.165, 1.54) is 0 Å². The van der Waals surface area contributed by atoms with Crippen LogP contribution in [0, 0.1) is 16.7 Å². The highest BCUT2D eigenvalue weighted by Crippen LogP contribution is 2.71. The van der Waals surface area contributed by atoms with Crippen LogP contribution in [0.4, 0.5) is 0 Å². The summed E-state index contributed by atoms with van der Waals surface area (Å²) >= 11 is 17.8. The zero-order valence-corrected chi connectivity index (χ0v) is 13.3. The Labute approximate surface area is 121 Å². The van der Waals surface area contributed by atoms with E-state index in [0.29, 0.717) is 3.39 Å². The summed E-state index contributed by atoms with van der Waals surface area (Å²) in [5.41, 5.74) is -1.07. The Bertz CT molecular complexity index is 362. The standard InChI is InChI=1S/C10H10Br2Cl2O2/c1-9(2)7(8(15)16)10(9,3-5(11)12)4-6(13)14/h3-4,7H,1-2H3,(H,15,16). The van der Waals surface area contributed by atoms with Gasteiger partial charge in [-0.05, 0) is 43.4 Å². The highest BCUT2D eigenvalue weighted by atomic mass is 79.9. The Morgan fingerprint density at radius 2 is 1.81 bits per heavy atom. The quantitative estimate of drug-likeness (QED) is 0.758. The van der Waals surface area contributed by atoms with Crippen LogP contribution in [-0.2, 0) is 4.79 Å². The molecule has 0 heterocycles. The molecule has 90 valence electrons. The van der Waals surface area contributed by atoms with Crippen LogP contribution in [0.1, 0.15) is 13.8 Å². The van der Waals surface area contributed by atoms with Gasteiger partial charge in [0, 0.05) is 5.41 Å². The molecular weight excluding hydrogens is 383 g/mol. The Morgan fingerprint density at radius 3 is 2.06 bits per heavy atom. The van der Waals surface area contributed by atoms with Crippen LogP contribution in [0.5, 0.6) is 0 Å². The molecule has 0 saturated heterocycles. The van der Waals surface area contributed by atoms with Gasteiger partial charge >= 0.3 is 5.97 Å². The fourth-order valence-corrected chi connectivity index (χ4v) is 3.40. The number of aliphatic carboxylic acids is 1. The second kappa shape index (κ2) is 4.63. The molecule has 16 heavy (non-hydrogen) atoms. The van der Waals surface area contributed by atoms with Gasteiger partial charge in [-0.1, -0.05) is 43.1 Å². The molecule has 1 aliphatic rings. The minimum absolute atomic E-state index is 0.0781. The van der Waals surface area contributed by atoms with Gasteiger partial charge in [0.05, 0.1) is 9.31 Å². The minimum atomic E-state index is -0.853. The lowest BCUT2D eigenvalue weighted by molar-refractivity contribution is -0.139. The Morgan fingerprint density at radius 1 is 1.31 bits per heavy atom. The number of hydrogen-bond donors (Lipinski definition) is 1. The molecule has 0 aromatic carbocycles. The topological polar surface area (TPSA) is 37.3 Å². The SMILES string of the molecule is CC1(C)C(C(=O)O)C1(C=C(Cl)Cl)C=C(Br)Br. The van der Waals surface area contributed by atoms with Gasteiger partial charge < -0.3 is 5.11 Å². The van der Waals surface area contributed by atoms with Crippen molar-refractivity contribution in [2.24, 2.45) is 16.7 Å². The van der Waals surface area contributed by atoms with Crippen molar-refractivity contribution in [3.8, 4) is 0 Å². The summed E-state index contributed by atoms with van der Waals surface area (Å²) in [5, 5.41) is 9.17. The van der Waals surface area contributed by atoms with Gasteiger partial charge in [0.2, 0.25) is 0 Å². The lowest BCUT2D eigenvalue weighted by Gasteiger charge is -2.10. The Hall–Kier alpha value is 0.490. The maximum atomic E-state index is 11.2. The van der Waals surface area contributed by atoms with Gasteiger partial charge in [0.1, 0.15) is 4.49 Å². The monoisotopic (exact) mass is 390 g/mol. The van der Waals surface area contributed by atoms with Crippen LogP contribution in [0.3, 0.4) is 0 Å². The van der Waals surface area contributed by atoms with Crippen LogP contribution in [0.15, 0.2) is 20.0 Å². The van der Waals surface area contributed by atoms with E-state index in [4.69, 9.17) is 23.2 Å². The van der Waals surface area contributed by atoms with E-state index in [2.05, 4.69) is 31.9 Å². The highest BCUT2D eigenvalue weighted by molar-refractivity contribution is 9.28. The molecule has 0 spiro atoms. The van der Waals surface area contributed by atoms with E-state index in [-0.39, 0.29) is 4.49 Å². The number of carbonyl (C=O) groups is 1. The summed E-state index contributed by atoms with van der Waals surface area (Å²) in [6, 6.07) is 0. The third kappa shape index (κ3) is 2.35. The average molecular weight is 393 g/mol. The molecule has 2 unspecified atom stereocenters. The highest BCUT2D eigenvalue weighted by Gasteiger charge is 2.72. The summed E-state index contributed by atoms with van der Waals surface area (Å²) in [6.45, 7) is 3.75. The molecule has 0 radical (unpaired) electrons. The first-order chi connectivity index (χ1) is 7.15. The molecule has 0 aliphatic heterocycles. The van der Waals surface area contributed by atoms with E-state index >= 15 is 0 Å².